The molecule has 0 saturated carbocycles. The molecule has 3 fully saturated rings. The fourth-order valence-electron chi connectivity index (χ4n) is 3.48. The minimum atomic E-state index is 0.0863. The highest BCUT2D eigenvalue weighted by atomic mass is 16.5. The maximum Gasteiger partial charge on any atom is 0.223 e. The molecule has 2 unspecified atom stereocenters. The van der Waals surface area contributed by atoms with Crippen molar-refractivity contribution in [2.24, 2.45) is 5.92 Å². The van der Waals surface area contributed by atoms with Gasteiger partial charge in [0.05, 0.1) is 12.7 Å². The van der Waals surface area contributed by atoms with Gasteiger partial charge in [-0.05, 0) is 44.7 Å². The molecule has 3 aliphatic heterocycles. The largest absolute Gasteiger partial charge is 0.375 e. The molecular formula is C15H26N2O3. The van der Waals surface area contributed by atoms with E-state index in [2.05, 4.69) is 5.32 Å². The van der Waals surface area contributed by atoms with E-state index >= 15 is 0 Å². The van der Waals surface area contributed by atoms with Gasteiger partial charge in [0.1, 0.15) is 6.10 Å². The summed E-state index contributed by atoms with van der Waals surface area (Å²) in [6, 6.07) is 0. The SMILES string of the molecule is O=C(CC1CCNCC1)N1CCOC(C2CCCO2)C1. The number of ether oxygens (including phenoxy) is 2. The zero-order chi connectivity index (χ0) is 13.8. The van der Waals surface area contributed by atoms with Crippen LogP contribution in [0.2, 0.25) is 0 Å². The molecule has 20 heavy (non-hydrogen) atoms. The molecule has 1 N–H and O–H groups in total. The number of rotatable bonds is 3. The standard InChI is InChI=1S/C15H26N2O3/c18-15(10-12-3-5-16-6-4-12)17-7-9-20-14(11-17)13-2-1-8-19-13/h12-14,16H,1-11H2. The molecule has 0 bridgehead atoms. The molecule has 3 heterocycles. The van der Waals surface area contributed by atoms with Crippen LogP contribution in [0.4, 0.5) is 0 Å². The summed E-state index contributed by atoms with van der Waals surface area (Å²) in [4.78, 5) is 14.4. The van der Waals surface area contributed by atoms with E-state index in [4.69, 9.17) is 9.47 Å². The predicted molar refractivity (Wildman–Crippen MR) is 75.5 cm³/mol. The van der Waals surface area contributed by atoms with Crippen LogP contribution in [-0.2, 0) is 14.3 Å². The quantitative estimate of drug-likeness (QED) is 0.831. The van der Waals surface area contributed by atoms with Gasteiger partial charge in [-0.1, -0.05) is 0 Å². The predicted octanol–water partition coefficient (Wildman–Crippen LogP) is 0.783. The number of amides is 1. The van der Waals surface area contributed by atoms with Crippen LogP contribution >= 0.6 is 0 Å². The second-order valence-corrected chi connectivity index (χ2v) is 6.20. The van der Waals surface area contributed by atoms with Crippen LogP contribution in [-0.4, -0.2) is 62.4 Å². The Morgan fingerprint density at radius 2 is 1.90 bits per heavy atom. The first kappa shape index (κ1) is 14.3. The number of piperidine rings is 1. The Hall–Kier alpha value is -0.650. The summed E-state index contributed by atoms with van der Waals surface area (Å²) in [5.41, 5.74) is 0. The smallest absolute Gasteiger partial charge is 0.223 e. The number of hydrogen-bond acceptors (Lipinski definition) is 4. The van der Waals surface area contributed by atoms with E-state index in [9.17, 15) is 4.79 Å². The molecule has 0 aromatic carbocycles. The van der Waals surface area contributed by atoms with Crippen molar-refractivity contribution < 1.29 is 14.3 Å². The maximum atomic E-state index is 12.4. The third kappa shape index (κ3) is 3.51. The van der Waals surface area contributed by atoms with Crippen molar-refractivity contribution >= 4 is 5.91 Å². The second kappa shape index (κ2) is 6.87. The van der Waals surface area contributed by atoms with Crippen LogP contribution < -0.4 is 5.32 Å². The van der Waals surface area contributed by atoms with Crippen molar-refractivity contribution in [3.8, 4) is 0 Å². The molecule has 1 amide bonds. The Balaban J connectivity index is 1.49. The molecule has 2 atom stereocenters. The van der Waals surface area contributed by atoms with Crippen molar-refractivity contribution in [3.63, 3.8) is 0 Å². The molecule has 5 heteroatoms. The number of carbonyl (C=O) groups excluding carboxylic acids is 1. The average Bonchev–Trinajstić information content (AvgIpc) is 3.03. The average molecular weight is 282 g/mol. The van der Waals surface area contributed by atoms with E-state index in [1.54, 1.807) is 0 Å². The number of nitrogens with zero attached hydrogens (tertiary/aromatic N) is 1. The Labute approximate surface area is 121 Å². The molecule has 3 saturated heterocycles. The highest BCUT2D eigenvalue weighted by molar-refractivity contribution is 5.76. The molecule has 3 aliphatic rings. The number of morpholine rings is 1. The lowest BCUT2D eigenvalue weighted by molar-refractivity contribution is -0.145. The van der Waals surface area contributed by atoms with Crippen LogP contribution in [0.1, 0.15) is 32.1 Å². The van der Waals surface area contributed by atoms with Gasteiger partial charge in [-0.15, -0.1) is 0 Å². The molecule has 0 aromatic heterocycles. The zero-order valence-corrected chi connectivity index (χ0v) is 12.2. The van der Waals surface area contributed by atoms with Crippen molar-refractivity contribution in [2.75, 3.05) is 39.4 Å². The monoisotopic (exact) mass is 282 g/mol. The molecule has 5 nitrogen and oxygen atoms in total. The van der Waals surface area contributed by atoms with Gasteiger partial charge in [-0.25, -0.2) is 0 Å². The van der Waals surface area contributed by atoms with E-state index in [0.29, 0.717) is 31.4 Å². The maximum absolute atomic E-state index is 12.4. The fraction of sp³-hybridized carbons (Fsp3) is 0.933. The summed E-state index contributed by atoms with van der Waals surface area (Å²) < 4.78 is 11.5. The summed E-state index contributed by atoms with van der Waals surface area (Å²) >= 11 is 0. The number of carbonyl (C=O) groups is 1. The Morgan fingerprint density at radius 1 is 1.10 bits per heavy atom. The van der Waals surface area contributed by atoms with E-state index in [1.165, 1.54) is 0 Å². The lowest BCUT2D eigenvalue weighted by atomic mass is 9.94. The lowest BCUT2D eigenvalue weighted by Gasteiger charge is -2.36. The second-order valence-electron chi connectivity index (χ2n) is 6.20. The van der Waals surface area contributed by atoms with Crippen LogP contribution in [0.25, 0.3) is 0 Å². The summed E-state index contributed by atoms with van der Waals surface area (Å²) in [6.07, 6.45) is 5.44. The van der Waals surface area contributed by atoms with Gasteiger partial charge in [0.2, 0.25) is 5.91 Å². The summed E-state index contributed by atoms with van der Waals surface area (Å²) in [7, 11) is 0. The minimum Gasteiger partial charge on any atom is -0.375 e. The number of hydrogen-bond donors (Lipinski definition) is 1. The van der Waals surface area contributed by atoms with Crippen molar-refractivity contribution in [3.05, 3.63) is 0 Å². The van der Waals surface area contributed by atoms with Gasteiger partial charge in [0, 0.05) is 26.1 Å². The van der Waals surface area contributed by atoms with Gasteiger partial charge in [-0.2, -0.15) is 0 Å². The van der Waals surface area contributed by atoms with E-state index in [-0.39, 0.29) is 12.2 Å². The van der Waals surface area contributed by atoms with E-state index < -0.39 is 0 Å². The summed E-state index contributed by atoms with van der Waals surface area (Å²) in [5, 5.41) is 3.35. The summed E-state index contributed by atoms with van der Waals surface area (Å²) in [6.45, 7) is 5.07. The summed E-state index contributed by atoms with van der Waals surface area (Å²) in [5.74, 6) is 0.871. The van der Waals surface area contributed by atoms with Gasteiger partial charge in [0.15, 0.2) is 0 Å². The van der Waals surface area contributed by atoms with Gasteiger partial charge in [0.25, 0.3) is 0 Å². The molecule has 0 aliphatic carbocycles. The third-order valence-corrected chi connectivity index (χ3v) is 4.75. The van der Waals surface area contributed by atoms with Gasteiger partial charge >= 0.3 is 0 Å². The van der Waals surface area contributed by atoms with Crippen LogP contribution in [0, 0.1) is 5.92 Å². The highest BCUT2D eigenvalue weighted by Crippen LogP contribution is 2.23. The topological polar surface area (TPSA) is 50.8 Å². The molecule has 0 spiro atoms. The molecule has 3 rings (SSSR count). The Morgan fingerprint density at radius 3 is 2.65 bits per heavy atom. The Bertz CT molecular complexity index is 325. The van der Waals surface area contributed by atoms with E-state index in [1.807, 2.05) is 4.90 Å². The molecular weight excluding hydrogens is 256 g/mol. The molecule has 0 radical (unpaired) electrons. The first-order valence-corrected chi connectivity index (χ1v) is 8.04. The zero-order valence-electron chi connectivity index (χ0n) is 12.2. The van der Waals surface area contributed by atoms with Gasteiger partial charge in [-0.3, -0.25) is 4.79 Å². The molecule has 114 valence electrons. The molecule has 0 aromatic rings. The van der Waals surface area contributed by atoms with E-state index in [0.717, 1.165) is 51.9 Å². The third-order valence-electron chi connectivity index (χ3n) is 4.75. The normalized spacial score (nSPS) is 32.5. The van der Waals surface area contributed by atoms with Crippen LogP contribution in [0.3, 0.4) is 0 Å². The van der Waals surface area contributed by atoms with Gasteiger partial charge < -0.3 is 19.7 Å². The highest BCUT2D eigenvalue weighted by Gasteiger charge is 2.33. The fourth-order valence-corrected chi connectivity index (χ4v) is 3.48. The number of nitrogens with one attached hydrogen (secondary N) is 1. The Kier molecular flexibility index (Phi) is 4.91. The van der Waals surface area contributed by atoms with Crippen molar-refractivity contribution in [1.82, 2.24) is 10.2 Å². The van der Waals surface area contributed by atoms with Crippen LogP contribution in [0.5, 0.6) is 0 Å². The first-order chi connectivity index (χ1) is 9.83. The first-order valence-electron chi connectivity index (χ1n) is 8.04. The lowest BCUT2D eigenvalue weighted by Crippen LogP contribution is -2.50. The van der Waals surface area contributed by atoms with Crippen molar-refractivity contribution in [2.45, 2.75) is 44.3 Å². The van der Waals surface area contributed by atoms with Crippen LogP contribution in [0.15, 0.2) is 0 Å². The van der Waals surface area contributed by atoms with Crippen molar-refractivity contribution in [1.29, 1.82) is 0 Å². The minimum absolute atomic E-state index is 0.0863.